The average molecular weight is 247 g/mol. The van der Waals surface area contributed by atoms with E-state index >= 15 is 0 Å². The zero-order chi connectivity index (χ0) is 13.4. The Bertz CT molecular complexity index is 394. The molecule has 2 aliphatic rings. The molecule has 2 nitrogen and oxygen atoms in total. The summed E-state index contributed by atoms with van der Waals surface area (Å²) in [4.78, 5) is 11.9. The van der Waals surface area contributed by atoms with Gasteiger partial charge in [0.1, 0.15) is 0 Å². The molecule has 1 amide bonds. The van der Waals surface area contributed by atoms with E-state index in [-0.39, 0.29) is 11.3 Å². The van der Waals surface area contributed by atoms with E-state index in [1.54, 1.807) is 12.2 Å². The number of amides is 1. The third-order valence-electron chi connectivity index (χ3n) is 5.66. The van der Waals surface area contributed by atoms with Crippen LogP contribution in [0.2, 0.25) is 0 Å². The van der Waals surface area contributed by atoms with Crippen molar-refractivity contribution in [2.45, 2.75) is 53.0 Å². The fraction of sp³-hybridized carbons (Fsp3) is 0.688. The summed E-state index contributed by atoms with van der Waals surface area (Å²) in [6.45, 7) is 9.03. The normalized spacial score (nSPS) is 37.8. The molecular formula is C16H25NO. The van der Waals surface area contributed by atoms with Crippen LogP contribution in [0.25, 0.3) is 0 Å². The zero-order valence-electron chi connectivity index (χ0n) is 12.0. The molecule has 0 aromatic carbocycles. The molecule has 2 rings (SSSR count). The fourth-order valence-electron chi connectivity index (χ4n) is 3.90. The van der Waals surface area contributed by atoms with Crippen molar-refractivity contribution in [3.63, 3.8) is 0 Å². The number of hydrogen-bond donors (Lipinski definition) is 1. The minimum atomic E-state index is 0.0441. The van der Waals surface area contributed by atoms with Gasteiger partial charge in [0.2, 0.25) is 5.91 Å². The Morgan fingerprint density at radius 1 is 1.28 bits per heavy atom. The molecule has 0 aliphatic heterocycles. The van der Waals surface area contributed by atoms with Crippen molar-refractivity contribution in [3.8, 4) is 0 Å². The van der Waals surface area contributed by atoms with Gasteiger partial charge in [0.25, 0.3) is 0 Å². The lowest BCUT2D eigenvalue weighted by atomic mass is 9.69. The minimum absolute atomic E-state index is 0.0441. The Morgan fingerprint density at radius 3 is 2.50 bits per heavy atom. The van der Waals surface area contributed by atoms with Crippen molar-refractivity contribution in [2.75, 3.05) is 0 Å². The topological polar surface area (TPSA) is 29.1 Å². The highest BCUT2D eigenvalue weighted by Crippen LogP contribution is 2.65. The van der Waals surface area contributed by atoms with Crippen molar-refractivity contribution >= 4 is 5.91 Å². The third kappa shape index (κ3) is 1.92. The van der Waals surface area contributed by atoms with Gasteiger partial charge < -0.3 is 5.32 Å². The van der Waals surface area contributed by atoms with Crippen LogP contribution in [0, 0.1) is 16.7 Å². The first-order valence-corrected chi connectivity index (χ1v) is 7.01. The van der Waals surface area contributed by atoms with Gasteiger partial charge in [-0.15, -0.1) is 0 Å². The SMILES string of the molecule is C/C=C/C=C/C(=O)NC1CC2CCC1(C)C2(C)C. The lowest BCUT2D eigenvalue weighted by Gasteiger charge is -2.39. The maximum Gasteiger partial charge on any atom is 0.244 e. The van der Waals surface area contributed by atoms with Gasteiger partial charge in [0, 0.05) is 12.1 Å². The monoisotopic (exact) mass is 247 g/mol. The Balaban J connectivity index is 2.03. The summed E-state index contributed by atoms with van der Waals surface area (Å²) >= 11 is 0. The highest BCUT2D eigenvalue weighted by Gasteiger charge is 2.61. The molecule has 0 spiro atoms. The molecule has 18 heavy (non-hydrogen) atoms. The summed E-state index contributed by atoms with van der Waals surface area (Å²) in [6, 6.07) is 0.342. The predicted molar refractivity (Wildman–Crippen MR) is 75.1 cm³/mol. The van der Waals surface area contributed by atoms with Gasteiger partial charge in [0.15, 0.2) is 0 Å². The van der Waals surface area contributed by atoms with Crippen molar-refractivity contribution in [2.24, 2.45) is 16.7 Å². The molecule has 3 unspecified atom stereocenters. The van der Waals surface area contributed by atoms with E-state index in [1.807, 2.05) is 19.1 Å². The first-order chi connectivity index (χ1) is 8.41. The Kier molecular flexibility index (Phi) is 3.39. The van der Waals surface area contributed by atoms with Crippen LogP contribution < -0.4 is 5.32 Å². The van der Waals surface area contributed by atoms with Crippen LogP contribution in [-0.4, -0.2) is 11.9 Å². The van der Waals surface area contributed by atoms with Crippen molar-refractivity contribution in [1.29, 1.82) is 0 Å². The van der Waals surface area contributed by atoms with Gasteiger partial charge in [-0.05, 0) is 42.9 Å². The largest absolute Gasteiger partial charge is 0.349 e. The lowest BCUT2D eigenvalue weighted by Crippen LogP contribution is -2.46. The van der Waals surface area contributed by atoms with E-state index in [1.165, 1.54) is 12.8 Å². The summed E-state index contributed by atoms with van der Waals surface area (Å²) in [6.07, 6.45) is 10.9. The zero-order valence-corrected chi connectivity index (χ0v) is 12.0. The Hall–Kier alpha value is -1.05. The minimum Gasteiger partial charge on any atom is -0.349 e. The standard InChI is InChI=1S/C16H25NO/c1-5-6-7-8-14(18)17-13-11-12-9-10-16(13,4)15(12,2)3/h5-8,12-13H,9-11H2,1-4H3,(H,17,18)/b6-5+,8-7+. The van der Waals surface area contributed by atoms with E-state index in [0.29, 0.717) is 11.5 Å². The first-order valence-electron chi connectivity index (χ1n) is 7.01. The van der Waals surface area contributed by atoms with E-state index in [4.69, 9.17) is 0 Å². The van der Waals surface area contributed by atoms with Gasteiger partial charge in [-0.3, -0.25) is 4.79 Å². The highest BCUT2D eigenvalue weighted by molar-refractivity contribution is 5.88. The number of hydrogen-bond acceptors (Lipinski definition) is 1. The maximum absolute atomic E-state index is 11.9. The molecule has 0 radical (unpaired) electrons. The van der Waals surface area contributed by atoms with Crippen LogP contribution in [0.4, 0.5) is 0 Å². The van der Waals surface area contributed by atoms with Crippen LogP contribution in [0.3, 0.4) is 0 Å². The fourth-order valence-corrected chi connectivity index (χ4v) is 3.90. The van der Waals surface area contributed by atoms with Gasteiger partial charge in [-0.2, -0.15) is 0 Å². The van der Waals surface area contributed by atoms with Crippen LogP contribution in [0.1, 0.15) is 47.0 Å². The molecule has 2 aliphatic carbocycles. The lowest BCUT2D eigenvalue weighted by molar-refractivity contribution is -0.118. The van der Waals surface area contributed by atoms with E-state index in [0.717, 1.165) is 12.3 Å². The summed E-state index contributed by atoms with van der Waals surface area (Å²) in [7, 11) is 0. The predicted octanol–water partition coefficient (Wildman–Crippen LogP) is 3.45. The van der Waals surface area contributed by atoms with Crippen LogP contribution in [-0.2, 0) is 4.79 Å². The second kappa shape index (κ2) is 4.56. The molecule has 2 saturated carbocycles. The molecular weight excluding hydrogens is 222 g/mol. The smallest absolute Gasteiger partial charge is 0.244 e. The van der Waals surface area contributed by atoms with Crippen LogP contribution in [0.5, 0.6) is 0 Å². The number of carbonyl (C=O) groups is 1. The van der Waals surface area contributed by atoms with Crippen molar-refractivity contribution < 1.29 is 4.79 Å². The van der Waals surface area contributed by atoms with Gasteiger partial charge in [-0.25, -0.2) is 0 Å². The molecule has 0 aromatic heterocycles. The van der Waals surface area contributed by atoms with Gasteiger partial charge >= 0.3 is 0 Å². The van der Waals surface area contributed by atoms with E-state index in [9.17, 15) is 4.79 Å². The molecule has 2 bridgehead atoms. The third-order valence-corrected chi connectivity index (χ3v) is 5.66. The molecule has 0 saturated heterocycles. The van der Waals surface area contributed by atoms with Crippen molar-refractivity contribution in [3.05, 3.63) is 24.3 Å². The molecule has 100 valence electrons. The second-order valence-corrected chi connectivity index (χ2v) is 6.56. The first kappa shape index (κ1) is 13.4. The number of nitrogens with one attached hydrogen (secondary N) is 1. The Morgan fingerprint density at radius 2 is 2.00 bits per heavy atom. The molecule has 2 fully saturated rings. The quantitative estimate of drug-likeness (QED) is 0.600. The number of allylic oxidation sites excluding steroid dienone is 3. The number of fused-ring (bicyclic) bond motifs is 2. The summed E-state index contributed by atoms with van der Waals surface area (Å²) in [5, 5.41) is 3.21. The molecule has 1 N–H and O–H groups in total. The molecule has 0 heterocycles. The van der Waals surface area contributed by atoms with E-state index < -0.39 is 0 Å². The Labute approximate surface area is 111 Å². The summed E-state index contributed by atoms with van der Waals surface area (Å²) < 4.78 is 0. The van der Waals surface area contributed by atoms with Gasteiger partial charge in [-0.1, -0.05) is 39.0 Å². The molecule has 0 aromatic rings. The maximum atomic E-state index is 11.9. The summed E-state index contributed by atoms with van der Waals surface area (Å²) in [5.74, 6) is 0.815. The molecule has 3 atom stereocenters. The van der Waals surface area contributed by atoms with Crippen LogP contribution in [0.15, 0.2) is 24.3 Å². The highest BCUT2D eigenvalue weighted by atomic mass is 16.1. The van der Waals surface area contributed by atoms with Gasteiger partial charge in [0.05, 0.1) is 0 Å². The molecule has 2 heteroatoms. The van der Waals surface area contributed by atoms with E-state index in [2.05, 4.69) is 26.1 Å². The van der Waals surface area contributed by atoms with Crippen molar-refractivity contribution in [1.82, 2.24) is 5.32 Å². The number of rotatable bonds is 3. The van der Waals surface area contributed by atoms with Crippen LogP contribution >= 0.6 is 0 Å². The summed E-state index contributed by atoms with van der Waals surface area (Å²) in [5.41, 5.74) is 0.625. The second-order valence-electron chi connectivity index (χ2n) is 6.56. The average Bonchev–Trinajstić information content (AvgIpc) is 2.62. The number of carbonyl (C=O) groups excluding carboxylic acids is 1.